The van der Waals surface area contributed by atoms with Crippen LogP contribution in [0.4, 0.5) is 9.59 Å². The normalized spacial score (nSPS) is 14.2. The second-order valence-corrected chi connectivity index (χ2v) is 11.4. The van der Waals surface area contributed by atoms with Crippen molar-refractivity contribution in [3.63, 3.8) is 0 Å². The molecule has 0 fully saturated rings. The fourth-order valence-electron chi connectivity index (χ4n) is 4.72. The second-order valence-electron chi connectivity index (χ2n) is 9.99. The maximum Gasteiger partial charge on any atom is 0.408 e. The summed E-state index contributed by atoms with van der Waals surface area (Å²) in [6.45, 7) is -0.271. The molecule has 0 heterocycles. The average molecular weight is 645 g/mol. The number of hydrogen-bond donors (Lipinski definition) is 6. The summed E-state index contributed by atoms with van der Waals surface area (Å²) in [5.41, 5.74) is 0.215. The van der Waals surface area contributed by atoms with Crippen molar-refractivity contribution >= 4 is 45.6 Å². The van der Waals surface area contributed by atoms with Crippen LogP contribution >= 0.6 is 0 Å². The lowest BCUT2D eigenvalue weighted by atomic mass is 9.85. The van der Waals surface area contributed by atoms with Crippen LogP contribution in [0.1, 0.15) is 29.2 Å². The van der Waals surface area contributed by atoms with Gasteiger partial charge in [-0.1, -0.05) is 18.2 Å². The van der Waals surface area contributed by atoms with Gasteiger partial charge in [0.2, 0.25) is 0 Å². The van der Waals surface area contributed by atoms with Gasteiger partial charge in [0.25, 0.3) is 10.1 Å². The van der Waals surface area contributed by atoms with Gasteiger partial charge in [0.15, 0.2) is 5.78 Å². The number of ketones is 1. The first kappa shape index (κ1) is 34.0. The minimum absolute atomic E-state index is 0.0390. The SMILES string of the molecule is CC1=CC(=C(c2cc(C)c(O)c(CN(CC(=O)O)C(=O)O)c2)c2ccccc2S(=O)(=O)O)C=C(CN(CC(=O)O)C(=O)O)C1=O. The molecule has 2 aromatic rings. The number of aryl methyl sites for hydroxylation is 1. The quantitative estimate of drug-likeness (QED) is 0.193. The van der Waals surface area contributed by atoms with E-state index in [0.29, 0.717) is 9.80 Å². The minimum Gasteiger partial charge on any atom is -0.507 e. The lowest BCUT2D eigenvalue weighted by Gasteiger charge is -2.24. The number of benzene rings is 2. The predicted molar refractivity (Wildman–Crippen MR) is 155 cm³/mol. The number of carbonyl (C=O) groups is 5. The number of Topliss-reactive ketones (excluding diaryl/α,β-unsaturated/α-hetero) is 1. The zero-order chi connectivity index (χ0) is 33.8. The lowest BCUT2D eigenvalue weighted by Crippen LogP contribution is -2.37. The maximum absolute atomic E-state index is 13.1. The number of allylic oxidation sites excluding steroid dienone is 4. The van der Waals surface area contributed by atoms with Gasteiger partial charge in [-0.2, -0.15) is 8.42 Å². The largest absolute Gasteiger partial charge is 0.507 e. The third-order valence-corrected chi connectivity index (χ3v) is 7.57. The molecule has 0 bridgehead atoms. The molecule has 0 spiro atoms. The van der Waals surface area contributed by atoms with Crippen LogP contribution in [0.3, 0.4) is 0 Å². The van der Waals surface area contributed by atoms with Crippen LogP contribution in [0, 0.1) is 6.92 Å². The van der Waals surface area contributed by atoms with Gasteiger partial charge < -0.3 is 25.5 Å². The van der Waals surface area contributed by atoms with E-state index in [1.807, 2.05) is 0 Å². The Hall–Kier alpha value is -5.48. The number of rotatable bonds is 11. The third kappa shape index (κ3) is 8.12. The van der Waals surface area contributed by atoms with Crippen LogP contribution in [0.2, 0.25) is 0 Å². The summed E-state index contributed by atoms with van der Waals surface area (Å²) in [4.78, 5) is 59.4. The number of hydrogen-bond acceptors (Lipinski definition) is 8. The van der Waals surface area contributed by atoms with E-state index < -0.39 is 71.1 Å². The number of nitrogens with zero attached hydrogens (tertiary/aromatic N) is 2. The van der Waals surface area contributed by atoms with E-state index in [0.717, 1.165) is 6.07 Å². The lowest BCUT2D eigenvalue weighted by molar-refractivity contribution is -0.138. The molecule has 6 N–H and O–H groups in total. The van der Waals surface area contributed by atoms with Crippen molar-refractivity contribution in [1.29, 1.82) is 0 Å². The van der Waals surface area contributed by atoms with E-state index >= 15 is 0 Å². The van der Waals surface area contributed by atoms with E-state index in [9.17, 15) is 52.3 Å². The van der Waals surface area contributed by atoms with Gasteiger partial charge in [0.1, 0.15) is 23.7 Å². The summed E-state index contributed by atoms with van der Waals surface area (Å²) in [6.07, 6.45) is -0.626. The summed E-state index contributed by atoms with van der Waals surface area (Å²) >= 11 is 0. The molecule has 0 aromatic heterocycles. The molecular formula is C29H28N2O13S. The van der Waals surface area contributed by atoms with Gasteiger partial charge in [-0.25, -0.2) is 9.59 Å². The van der Waals surface area contributed by atoms with E-state index in [2.05, 4.69) is 0 Å². The maximum atomic E-state index is 13.1. The first-order valence-corrected chi connectivity index (χ1v) is 14.3. The molecule has 0 saturated carbocycles. The number of aromatic hydroxyl groups is 1. The highest BCUT2D eigenvalue weighted by molar-refractivity contribution is 7.86. The van der Waals surface area contributed by atoms with Crippen molar-refractivity contribution < 1.29 is 62.5 Å². The molecule has 238 valence electrons. The monoisotopic (exact) mass is 644 g/mol. The molecular weight excluding hydrogens is 616 g/mol. The van der Waals surface area contributed by atoms with Gasteiger partial charge in [0.05, 0.1) is 13.1 Å². The molecule has 2 amide bonds. The Morgan fingerprint density at radius 3 is 1.91 bits per heavy atom. The van der Waals surface area contributed by atoms with Crippen molar-refractivity contribution in [2.45, 2.75) is 25.3 Å². The summed E-state index contributed by atoms with van der Waals surface area (Å²) in [6, 6.07) is 7.92. The zero-order valence-corrected chi connectivity index (χ0v) is 24.6. The number of aliphatic carboxylic acids is 2. The smallest absolute Gasteiger partial charge is 0.408 e. The molecule has 45 heavy (non-hydrogen) atoms. The summed E-state index contributed by atoms with van der Waals surface area (Å²) < 4.78 is 34.9. The average Bonchev–Trinajstić information content (AvgIpc) is 2.92. The number of carboxylic acid groups (broad SMARTS) is 4. The molecule has 0 atom stereocenters. The molecule has 0 radical (unpaired) electrons. The van der Waals surface area contributed by atoms with Crippen LogP contribution in [0.5, 0.6) is 5.75 Å². The Labute approximate surface area is 256 Å². The Morgan fingerprint density at radius 2 is 1.38 bits per heavy atom. The van der Waals surface area contributed by atoms with Crippen LogP contribution in [0.15, 0.2) is 70.2 Å². The third-order valence-electron chi connectivity index (χ3n) is 6.66. The van der Waals surface area contributed by atoms with Gasteiger partial charge in [-0.15, -0.1) is 0 Å². The van der Waals surface area contributed by atoms with E-state index in [1.54, 1.807) is 0 Å². The van der Waals surface area contributed by atoms with Crippen molar-refractivity contribution in [3.8, 4) is 5.75 Å². The van der Waals surface area contributed by atoms with Crippen molar-refractivity contribution in [2.24, 2.45) is 0 Å². The Morgan fingerprint density at radius 1 is 0.822 bits per heavy atom. The molecule has 16 heteroatoms. The molecule has 0 unspecified atom stereocenters. The fraction of sp³-hybridized carbons (Fsp3) is 0.207. The summed E-state index contributed by atoms with van der Waals surface area (Å²) in [5.74, 6) is -3.93. The highest BCUT2D eigenvalue weighted by Crippen LogP contribution is 2.38. The van der Waals surface area contributed by atoms with Crippen molar-refractivity contribution in [1.82, 2.24) is 9.80 Å². The van der Waals surface area contributed by atoms with Gasteiger partial charge in [0, 0.05) is 16.7 Å². The standard InChI is InChI=1S/C29H28N2O13S/c1-15-7-17(9-19(26(15)36)11-30(28(38)39)13-23(32)33)25(21-5-3-4-6-22(21)45(42,43)44)18-8-16(2)27(37)20(10-18)12-31(29(40)41)14-24(34)35/h3-10,36H,11-14H2,1-2H3,(H,32,33)(H,34,35)(H,38,39)(H,40,41)(H,42,43,44). The minimum atomic E-state index is -4.87. The number of phenolic OH excluding ortho intramolecular Hbond substituents is 1. The van der Waals surface area contributed by atoms with E-state index in [4.69, 9.17) is 10.2 Å². The zero-order valence-electron chi connectivity index (χ0n) is 23.8. The van der Waals surface area contributed by atoms with E-state index in [-0.39, 0.29) is 50.3 Å². The molecule has 0 saturated heterocycles. The Balaban J connectivity index is 2.41. The first-order valence-electron chi connectivity index (χ1n) is 12.9. The predicted octanol–water partition coefficient (Wildman–Crippen LogP) is 2.83. The molecule has 2 aromatic carbocycles. The molecule has 1 aliphatic rings. The van der Waals surface area contributed by atoms with Crippen LogP contribution in [0.25, 0.3) is 5.57 Å². The van der Waals surface area contributed by atoms with E-state index in [1.165, 1.54) is 56.3 Å². The summed E-state index contributed by atoms with van der Waals surface area (Å²) in [7, 11) is -4.87. The number of carbonyl (C=O) groups excluding carboxylic acids is 1. The molecule has 0 aliphatic heterocycles. The van der Waals surface area contributed by atoms with Crippen LogP contribution < -0.4 is 0 Å². The van der Waals surface area contributed by atoms with Crippen LogP contribution in [-0.4, -0.2) is 97.8 Å². The highest BCUT2D eigenvalue weighted by atomic mass is 32.2. The molecule has 1 aliphatic carbocycles. The van der Waals surface area contributed by atoms with Gasteiger partial charge in [-0.3, -0.25) is 28.7 Å². The topological polar surface area (TPSA) is 247 Å². The Bertz CT molecular complexity index is 1810. The number of carboxylic acids is 2. The number of amides is 2. The molecule has 3 rings (SSSR count). The van der Waals surface area contributed by atoms with Gasteiger partial charge >= 0.3 is 24.1 Å². The van der Waals surface area contributed by atoms with Gasteiger partial charge in [-0.05, 0) is 72.0 Å². The number of phenols is 1. The van der Waals surface area contributed by atoms with Crippen LogP contribution in [-0.2, 0) is 31.0 Å². The fourth-order valence-corrected chi connectivity index (χ4v) is 5.42. The first-order chi connectivity index (χ1) is 20.9. The molecule has 15 nitrogen and oxygen atoms in total. The summed E-state index contributed by atoms with van der Waals surface area (Å²) in [5, 5.41) is 48.1. The highest BCUT2D eigenvalue weighted by Gasteiger charge is 2.28. The Kier molecular flexibility index (Phi) is 10.2. The van der Waals surface area contributed by atoms with Crippen molar-refractivity contribution in [2.75, 3.05) is 19.6 Å². The second kappa shape index (κ2) is 13.4. The van der Waals surface area contributed by atoms with Crippen molar-refractivity contribution in [3.05, 3.63) is 87.5 Å².